The van der Waals surface area contributed by atoms with Gasteiger partial charge in [-0.2, -0.15) is 13.2 Å². The first kappa shape index (κ1) is 18.2. The Morgan fingerprint density at radius 3 is 2.60 bits per heavy atom. The zero-order valence-electron chi connectivity index (χ0n) is 12.8. The number of amides is 1. The third-order valence-electron chi connectivity index (χ3n) is 3.04. The number of alkyl halides is 3. The summed E-state index contributed by atoms with van der Waals surface area (Å²) in [4.78, 5) is 26.3. The maximum atomic E-state index is 12.2. The van der Waals surface area contributed by atoms with Crippen LogP contribution in [0.2, 0.25) is 0 Å². The molecule has 7 nitrogen and oxygen atoms in total. The minimum Gasteiger partial charge on any atom is -0.468 e. The van der Waals surface area contributed by atoms with Crippen LogP contribution in [0, 0.1) is 17.0 Å². The third-order valence-corrected chi connectivity index (χ3v) is 3.04. The number of ether oxygens (including phenoxy) is 1. The van der Waals surface area contributed by atoms with Gasteiger partial charge in [0.25, 0.3) is 11.6 Å². The number of benzene rings is 1. The lowest BCUT2D eigenvalue weighted by molar-refractivity contribution is -0.385. The van der Waals surface area contributed by atoms with Gasteiger partial charge in [-0.15, -0.1) is 0 Å². The highest BCUT2D eigenvalue weighted by atomic mass is 19.4. The number of nitro benzene ring substituents is 1. The van der Waals surface area contributed by atoms with Gasteiger partial charge < -0.3 is 10.1 Å². The van der Waals surface area contributed by atoms with Gasteiger partial charge in [-0.05, 0) is 19.1 Å². The van der Waals surface area contributed by atoms with Crippen molar-refractivity contribution in [2.24, 2.45) is 0 Å². The van der Waals surface area contributed by atoms with Gasteiger partial charge in [0.1, 0.15) is 5.56 Å². The van der Waals surface area contributed by atoms with E-state index >= 15 is 0 Å². The average Bonchev–Trinajstić information content (AvgIpc) is 2.52. The molecule has 1 heterocycles. The quantitative estimate of drug-likeness (QED) is 0.654. The lowest BCUT2D eigenvalue weighted by atomic mass is 10.1. The molecule has 0 fully saturated rings. The van der Waals surface area contributed by atoms with E-state index in [2.05, 4.69) is 15.0 Å². The molecular formula is C15H12F3N3O4. The largest absolute Gasteiger partial charge is 0.468 e. The van der Waals surface area contributed by atoms with E-state index in [1.165, 1.54) is 31.2 Å². The Bertz CT molecular complexity index is 792. The summed E-state index contributed by atoms with van der Waals surface area (Å²) in [5.74, 6) is -1.00. The molecule has 0 aliphatic heterocycles. The van der Waals surface area contributed by atoms with Gasteiger partial charge in [0, 0.05) is 11.6 Å². The molecule has 0 radical (unpaired) electrons. The zero-order valence-corrected chi connectivity index (χ0v) is 12.8. The van der Waals surface area contributed by atoms with Gasteiger partial charge in [-0.25, -0.2) is 4.98 Å². The van der Waals surface area contributed by atoms with Crippen LogP contribution in [0.4, 0.5) is 24.5 Å². The predicted molar refractivity (Wildman–Crippen MR) is 81.6 cm³/mol. The number of anilines is 1. The fraction of sp³-hybridized carbons (Fsp3) is 0.200. The number of rotatable bonds is 5. The van der Waals surface area contributed by atoms with Crippen LogP contribution in [0.25, 0.3) is 0 Å². The lowest BCUT2D eigenvalue weighted by Crippen LogP contribution is -2.19. The highest BCUT2D eigenvalue weighted by Gasteiger charge is 2.28. The normalized spacial score (nSPS) is 11.0. The molecule has 0 saturated carbocycles. The number of carbonyl (C=O) groups is 1. The predicted octanol–water partition coefficient (Wildman–Crippen LogP) is 3.49. The minimum absolute atomic E-state index is 0.137. The van der Waals surface area contributed by atoms with Crippen LogP contribution in [0.1, 0.15) is 15.9 Å². The molecule has 1 N–H and O–H groups in total. The molecular weight excluding hydrogens is 343 g/mol. The Balaban J connectivity index is 2.11. The van der Waals surface area contributed by atoms with E-state index in [1.807, 2.05) is 0 Å². The molecule has 0 aliphatic carbocycles. The van der Waals surface area contributed by atoms with E-state index in [0.717, 1.165) is 12.3 Å². The molecule has 1 aromatic heterocycles. The molecule has 0 saturated heterocycles. The highest BCUT2D eigenvalue weighted by Crippen LogP contribution is 2.24. The molecule has 0 aliphatic rings. The fourth-order valence-electron chi connectivity index (χ4n) is 1.98. The molecule has 1 amide bonds. The van der Waals surface area contributed by atoms with E-state index in [-0.39, 0.29) is 22.8 Å². The monoisotopic (exact) mass is 355 g/mol. The number of para-hydroxylation sites is 1. The maximum Gasteiger partial charge on any atom is 0.422 e. The second-order valence-corrected chi connectivity index (χ2v) is 4.97. The Morgan fingerprint density at radius 2 is 2.04 bits per heavy atom. The van der Waals surface area contributed by atoms with Crippen LogP contribution in [0.15, 0.2) is 36.5 Å². The van der Waals surface area contributed by atoms with Gasteiger partial charge in [0.05, 0.1) is 16.8 Å². The SMILES string of the molecule is Cc1cccc(C(=O)Nc2ccc(OCC(F)(F)F)nc2)c1[N+](=O)[O-]. The van der Waals surface area contributed by atoms with Gasteiger partial charge in [0.2, 0.25) is 5.88 Å². The number of nitrogens with zero attached hydrogens (tertiary/aromatic N) is 2. The number of halogens is 3. The lowest BCUT2D eigenvalue weighted by Gasteiger charge is -2.09. The van der Waals surface area contributed by atoms with Gasteiger partial charge in [-0.1, -0.05) is 12.1 Å². The number of nitrogens with one attached hydrogen (secondary N) is 1. The second-order valence-electron chi connectivity index (χ2n) is 4.97. The summed E-state index contributed by atoms with van der Waals surface area (Å²) in [5, 5.41) is 13.5. The third kappa shape index (κ3) is 4.90. The average molecular weight is 355 g/mol. The molecule has 0 atom stereocenters. The van der Waals surface area contributed by atoms with E-state index in [4.69, 9.17) is 0 Å². The van der Waals surface area contributed by atoms with E-state index in [0.29, 0.717) is 5.56 Å². The van der Waals surface area contributed by atoms with E-state index < -0.39 is 23.6 Å². The van der Waals surface area contributed by atoms with Crippen LogP contribution >= 0.6 is 0 Å². The molecule has 0 spiro atoms. The summed E-state index contributed by atoms with van der Waals surface area (Å²) in [6.45, 7) is 0.0183. The van der Waals surface area contributed by atoms with Gasteiger partial charge >= 0.3 is 6.18 Å². The van der Waals surface area contributed by atoms with Crippen molar-refractivity contribution in [3.8, 4) is 5.88 Å². The van der Waals surface area contributed by atoms with Crippen molar-refractivity contribution in [1.82, 2.24) is 4.98 Å². The van der Waals surface area contributed by atoms with Crippen LogP contribution < -0.4 is 10.1 Å². The van der Waals surface area contributed by atoms with Crippen molar-refractivity contribution in [2.75, 3.05) is 11.9 Å². The Morgan fingerprint density at radius 1 is 1.32 bits per heavy atom. The van der Waals surface area contributed by atoms with Crippen molar-refractivity contribution >= 4 is 17.3 Å². The van der Waals surface area contributed by atoms with Crippen molar-refractivity contribution in [3.05, 3.63) is 57.8 Å². The van der Waals surface area contributed by atoms with E-state index in [1.54, 1.807) is 0 Å². The standard InChI is InChI=1S/C15H12F3N3O4/c1-9-3-2-4-11(13(9)21(23)24)14(22)20-10-5-6-12(19-7-10)25-8-15(16,17)18/h2-7H,8H2,1H3,(H,20,22). The topological polar surface area (TPSA) is 94.4 Å². The molecule has 0 unspecified atom stereocenters. The number of nitro groups is 1. The number of carbonyl (C=O) groups excluding carboxylic acids is 1. The smallest absolute Gasteiger partial charge is 0.422 e. The molecule has 132 valence electrons. The molecule has 10 heteroatoms. The summed E-state index contributed by atoms with van der Waals surface area (Å²) < 4.78 is 40.6. The van der Waals surface area contributed by atoms with Crippen LogP contribution in [-0.4, -0.2) is 28.6 Å². The number of hydrogen-bond donors (Lipinski definition) is 1. The van der Waals surface area contributed by atoms with Crippen LogP contribution in [-0.2, 0) is 0 Å². The molecule has 25 heavy (non-hydrogen) atoms. The second kappa shape index (κ2) is 7.16. The first-order valence-corrected chi connectivity index (χ1v) is 6.88. The fourth-order valence-corrected chi connectivity index (χ4v) is 1.98. The summed E-state index contributed by atoms with van der Waals surface area (Å²) in [7, 11) is 0. The van der Waals surface area contributed by atoms with Crippen molar-refractivity contribution in [1.29, 1.82) is 0 Å². The minimum atomic E-state index is -4.49. The number of aromatic nitrogens is 1. The Labute approximate surface area is 139 Å². The number of pyridine rings is 1. The van der Waals surface area contributed by atoms with Crippen LogP contribution in [0.3, 0.4) is 0 Å². The Hall–Kier alpha value is -3.17. The summed E-state index contributed by atoms with van der Waals surface area (Å²) >= 11 is 0. The highest BCUT2D eigenvalue weighted by molar-refractivity contribution is 6.07. The number of aryl methyl sites for hydroxylation is 1. The first-order chi connectivity index (χ1) is 11.7. The van der Waals surface area contributed by atoms with Gasteiger partial charge in [-0.3, -0.25) is 14.9 Å². The van der Waals surface area contributed by atoms with Gasteiger partial charge in [0.15, 0.2) is 6.61 Å². The summed E-state index contributed by atoms with van der Waals surface area (Å²) in [6.07, 6.45) is -3.40. The zero-order chi connectivity index (χ0) is 18.6. The molecule has 2 aromatic rings. The Kier molecular flexibility index (Phi) is 5.20. The first-order valence-electron chi connectivity index (χ1n) is 6.88. The van der Waals surface area contributed by atoms with Crippen LogP contribution in [0.5, 0.6) is 5.88 Å². The molecule has 2 rings (SSSR count). The maximum absolute atomic E-state index is 12.2. The van der Waals surface area contributed by atoms with Crippen molar-refractivity contribution in [3.63, 3.8) is 0 Å². The van der Waals surface area contributed by atoms with Crippen molar-refractivity contribution in [2.45, 2.75) is 13.1 Å². The molecule has 0 bridgehead atoms. The van der Waals surface area contributed by atoms with E-state index in [9.17, 15) is 28.1 Å². The van der Waals surface area contributed by atoms with Crippen molar-refractivity contribution < 1.29 is 27.6 Å². The molecule has 1 aromatic carbocycles. The number of hydrogen-bond acceptors (Lipinski definition) is 5. The summed E-state index contributed by atoms with van der Waals surface area (Å²) in [5.41, 5.74) is 0.0207. The summed E-state index contributed by atoms with van der Waals surface area (Å²) in [6, 6.07) is 6.73.